The number of carbonyl (C=O) groups is 1. The fourth-order valence-corrected chi connectivity index (χ4v) is 2.55. The number of thiophene rings is 1. The molecular formula is C14H24N2OS. The molecule has 1 amide bonds. The molecule has 0 aliphatic rings. The molecule has 0 aliphatic carbocycles. The molecule has 18 heavy (non-hydrogen) atoms. The van der Waals surface area contributed by atoms with Gasteiger partial charge in [0.05, 0.1) is 6.42 Å². The summed E-state index contributed by atoms with van der Waals surface area (Å²) in [5, 5.41) is 0. The maximum absolute atomic E-state index is 12.0. The molecule has 2 N–H and O–H groups in total. The highest BCUT2D eigenvalue weighted by atomic mass is 32.1. The molecule has 0 radical (unpaired) electrons. The summed E-state index contributed by atoms with van der Waals surface area (Å²) in [4.78, 5) is 16.2. The fourth-order valence-electron chi connectivity index (χ4n) is 1.66. The highest BCUT2D eigenvalue weighted by Gasteiger charge is 2.13. The first-order valence-electron chi connectivity index (χ1n) is 6.45. The maximum atomic E-state index is 12.0. The Kier molecular flexibility index (Phi) is 5.82. The molecule has 102 valence electrons. The Hall–Kier alpha value is -0.870. The molecular weight excluding hydrogens is 244 g/mol. The van der Waals surface area contributed by atoms with E-state index in [1.807, 2.05) is 13.1 Å². The molecule has 1 unspecified atom stereocenters. The van der Waals surface area contributed by atoms with Crippen molar-refractivity contribution >= 4 is 17.2 Å². The molecule has 1 rings (SSSR count). The minimum atomic E-state index is 0.171. The summed E-state index contributed by atoms with van der Waals surface area (Å²) < 4.78 is 0. The normalized spacial score (nSPS) is 12.8. The van der Waals surface area contributed by atoms with Gasteiger partial charge in [-0.05, 0) is 31.4 Å². The Balaban J connectivity index is 2.37. The van der Waals surface area contributed by atoms with E-state index in [4.69, 9.17) is 5.73 Å². The van der Waals surface area contributed by atoms with Crippen LogP contribution >= 0.6 is 11.3 Å². The largest absolute Gasteiger partial charge is 0.345 e. The molecule has 0 aliphatic heterocycles. The van der Waals surface area contributed by atoms with Gasteiger partial charge in [-0.25, -0.2) is 0 Å². The van der Waals surface area contributed by atoms with E-state index in [9.17, 15) is 4.79 Å². The van der Waals surface area contributed by atoms with Gasteiger partial charge in [0.2, 0.25) is 5.91 Å². The van der Waals surface area contributed by atoms with E-state index < -0.39 is 0 Å². The zero-order valence-corrected chi connectivity index (χ0v) is 12.6. The number of hydrogen-bond acceptors (Lipinski definition) is 3. The third-order valence-electron chi connectivity index (χ3n) is 3.20. The molecule has 1 aromatic heterocycles. The summed E-state index contributed by atoms with van der Waals surface area (Å²) in [5.41, 5.74) is 5.98. The SMILES string of the molecule is Cc1ccc(CC(=O)N(C)CCC(N)C(C)C)s1. The van der Waals surface area contributed by atoms with Crippen molar-refractivity contribution in [2.24, 2.45) is 11.7 Å². The van der Waals surface area contributed by atoms with Gasteiger partial charge >= 0.3 is 0 Å². The molecule has 0 saturated heterocycles. The predicted molar refractivity (Wildman–Crippen MR) is 77.8 cm³/mol. The molecule has 1 atom stereocenters. The highest BCUT2D eigenvalue weighted by molar-refractivity contribution is 7.12. The van der Waals surface area contributed by atoms with Crippen LogP contribution in [0.1, 0.15) is 30.0 Å². The van der Waals surface area contributed by atoms with Crippen LogP contribution in [0.2, 0.25) is 0 Å². The van der Waals surface area contributed by atoms with Crippen LogP contribution in [0.5, 0.6) is 0 Å². The average Bonchev–Trinajstić information content (AvgIpc) is 2.70. The summed E-state index contributed by atoms with van der Waals surface area (Å²) in [7, 11) is 1.86. The minimum absolute atomic E-state index is 0.171. The van der Waals surface area contributed by atoms with Crippen LogP contribution in [0.15, 0.2) is 12.1 Å². The first-order chi connectivity index (χ1) is 8.40. The summed E-state index contributed by atoms with van der Waals surface area (Å²) in [6, 6.07) is 4.26. The van der Waals surface area contributed by atoms with Crippen LogP contribution in [0.25, 0.3) is 0 Å². The fraction of sp³-hybridized carbons (Fsp3) is 0.643. The molecule has 0 bridgehead atoms. The van der Waals surface area contributed by atoms with E-state index in [1.165, 1.54) is 4.88 Å². The summed E-state index contributed by atoms with van der Waals surface area (Å²) >= 11 is 1.69. The van der Waals surface area contributed by atoms with Crippen LogP contribution in [0.4, 0.5) is 0 Å². The van der Waals surface area contributed by atoms with Gasteiger partial charge in [0.15, 0.2) is 0 Å². The molecule has 0 aromatic carbocycles. The van der Waals surface area contributed by atoms with E-state index >= 15 is 0 Å². The van der Waals surface area contributed by atoms with E-state index in [-0.39, 0.29) is 11.9 Å². The topological polar surface area (TPSA) is 46.3 Å². The number of rotatable bonds is 6. The lowest BCUT2D eigenvalue weighted by molar-refractivity contribution is -0.129. The van der Waals surface area contributed by atoms with Crippen molar-refractivity contribution in [3.05, 3.63) is 21.9 Å². The van der Waals surface area contributed by atoms with Crippen molar-refractivity contribution in [2.45, 2.75) is 39.7 Å². The van der Waals surface area contributed by atoms with Crippen molar-refractivity contribution in [3.8, 4) is 0 Å². The number of nitrogens with two attached hydrogens (primary N) is 1. The van der Waals surface area contributed by atoms with Crippen LogP contribution < -0.4 is 5.73 Å². The predicted octanol–water partition coefficient (Wildman–Crippen LogP) is 2.43. The van der Waals surface area contributed by atoms with Gasteiger partial charge < -0.3 is 10.6 Å². The second-order valence-electron chi connectivity index (χ2n) is 5.20. The average molecular weight is 268 g/mol. The first kappa shape index (κ1) is 15.2. The number of hydrogen-bond donors (Lipinski definition) is 1. The van der Waals surface area contributed by atoms with Crippen molar-refractivity contribution in [2.75, 3.05) is 13.6 Å². The highest BCUT2D eigenvalue weighted by Crippen LogP contribution is 2.16. The second kappa shape index (κ2) is 6.90. The van der Waals surface area contributed by atoms with E-state index in [0.29, 0.717) is 12.3 Å². The molecule has 0 spiro atoms. The Bertz CT molecular complexity index is 387. The zero-order valence-electron chi connectivity index (χ0n) is 11.8. The standard InChI is InChI=1S/C14H24N2OS/c1-10(2)13(15)7-8-16(4)14(17)9-12-6-5-11(3)18-12/h5-6,10,13H,7-9,15H2,1-4H3. The molecule has 0 fully saturated rings. The minimum Gasteiger partial charge on any atom is -0.345 e. The van der Waals surface area contributed by atoms with Crippen LogP contribution in [0, 0.1) is 12.8 Å². The van der Waals surface area contributed by atoms with Gasteiger partial charge in [-0.1, -0.05) is 13.8 Å². The monoisotopic (exact) mass is 268 g/mol. The number of amides is 1. The summed E-state index contributed by atoms with van der Waals surface area (Å²) in [6.07, 6.45) is 1.37. The lowest BCUT2D eigenvalue weighted by Gasteiger charge is -2.21. The Labute approximate surface area is 114 Å². The number of nitrogens with zero attached hydrogens (tertiary/aromatic N) is 1. The number of carbonyl (C=O) groups excluding carboxylic acids is 1. The molecule has 4 heteroatoms. The lowest BCUT2D eigenvalue weighted by atomic mass is 10.0. The van der Waals surface area contributed by atoms with Gasteiger partial charge in [-0.3, -0.25) is 4.79 Å². The quantitative estimate of drug-likeness (QED) is 0.861. The van der Waals surface area contributed by atoms with Crippen LogP contribution in [-0.2, 0) is 11.2 Å². The van der Waals surface area contributed by atoms with Crippen molar-refractivity contribution < 1.29 is 4.79 Å². The molecule has 3 nitrogen and oxygen atoms in total. The number of aryl methyl sites for hydroxylation is 1. The molecule has 1 aromatic rings. The van der Waals surface area contributed by atoms with Gasteiger partial charge in [0, 0.05) is 29.4 Å². The number of likely N-dealkylation sites (N-methyl/N-ethyl adjacent to an activating group) is 1. The van der Waals surface area contributed by atoms with Gasteiger partial charge in [-0.15, -0.1) is 11.3 Å². The van der Waals surface area contributed by atoms with Gasteiger partial charge in [-0.2, -0.15) is 0 Å². The second-order valence-corrected chi connectivity index (χ2v) is 6.57. The van der Waals surface area contributed by atoms with Crippen molar-refractivity contribution in [3.63, 3.8) is 0 Å². The van der Waals surface area contributed by atoms with E-state index in [1.54, 1.807) is 16.2 Å². The zero-order chi connectivity index (χ0) is 13.7. The lowest BCUT2D eigenvalue weighted by Crippen LogP contribution is -2.35. The molecule has 0 saturated carbocycles. The Morgan fingerprint density at radius 2 is 2.11 bits per heavy atom. The third kappa shape index (κ3) is 4.78. The Morgan fingerprint density at radius 1 is 1.44 bits per heavy atom. The van der Waals surface area contributed by atoms with Gasteiger partial charge in [0.1, 0.15) is 0 Å². The molecule has 1 heterocycles. The van der Waals surface area contributed by atoms with Crippen molar-refractivity contribution in [1.29, 1.82) is 0 Å². The third-order valence-corrected chi connectivity index (χ3v) is 4.20. The Morgan fingerprint density at radius 3 is 2.61 bits per heavy atom. The maximum Gasteiger partial charge on any atom is 0.227 e. The summed E-state index contributed by atoms with van der Waals surface area (Å²) in [6.45, 7) is 7.02. The smallest absolute Gasteiger partial charge is 0.227 e. The van der Waals surface area contributed by atoms with Crippen LogP contribution in [0.3, 0.4) is 0 Å². The summed E-state index contributed by atoms with van der Waals surface area (Å²) in [5.74, 6) is 0.640. The van der Waals surface area contributed by atoms with E-state index in [0.717, 1.165) is 17.8 Å². The van der Waals surface area contributed by atoms with Crippen molar-refractivity contribution in [1.82, 2.24) is 4.90 Å². The first-order valence-corrected chi connectivity index (χ1v) is 7.26. The van der Waals surface area contributed by atoms with Gasteiger partial charge in [0.25, 0.3) is 0 Å². The van der Waals surface area contributed by atoms with E-state index in [2.05, 4.69) is 26.8 Å². The van der Waals surface area contributed by atoms with Crippen LogP contribution in [-0.4, -0.2) is 30.4 Å².